The molecule has 5 heterocycles. The number of carbonyl (C=O) groups excluding carboxylic acids is 1. The van der Waals surface area contributed by atoms with Crippen LogP contribution in [0.5, 0.6) is 6.01 Å². The maximum atomic E-state index is 17.2. The van der Waals surface area contributed by atoms with E-state index in [1.165, 1.54) is 6.07 Å². The van der Waals surface area contributed by atoms with E-state index in [2.05, 4.69) is 9.88 Å². The first-order valence-electron chi connectivity index (χ1n) is 18.3. The summed E-state index contributed by atoms with van der Waals surface area (Å²) in [6.07, 6.45) is 3.09. The van der Waals surface area contributed by atoms with E-state index in [9.17, 15) is 9.18 Å². The van der Waals surface area contributed by atoms with Crippen molar-refractivity contribution >= 4 is 33.6 Å². The third kappa shape index (κ3) is 5.95. The fourth-order valence-electron chi connectivity index (χ4n) is 9.20. The average molecular weight is 702 g/mol. The Morgan fingerprint density at radius 1 is 1.06 bits per heavy atom. The summed E-state index contributed by atoms with van der Waals surface area (Å²) in [6.45, 7) is 11.7. The number of alkyl halides is 1. The van der Waals surface area contributed by atoms with Crippen LogP contribution in [0.4, 0.5) is 23.8 Å². The monoisotopic (exact) mass is 701 g/mol. The van der Waals surface area contributed by atoms with Gasteiger partial charge in [0.2, 0.25) is 0 Å². The Kier molecular flexibility index (Phi) is 8.35. The fourth-order valence-corrected chi connectivity index (χ4v) is 9.20. The van der Waals surface area contributed by atoms with Gasteiger partial charge in [-0.3, -0.25) is 9.80 Å². The summed E-state index contributed by atoms with van der Waals surface area (Å²) in [6, 6.07) is 10.8. The van der Waals surface area contributed by atoms with Crippen molar-refractivity contribution in [2.45, 2.75) is 103 Å². The van der Waals surface area contributed by atoms with Gasteiger partial charge in [0.15, 0.2) is 5.82 Å². The molecule has 4 atom stereocenters. The molecule has 2 unspecified atom stereocenters. The smallest absolute Gasteiger partial charge is 0.410 e. The Labute approximate surface area is 296 Å². The summed E-state index contributed by atoms with van der Waals surface area (Å²) < 4.78 is 60.5. The summed E-state index contributed by atoms with van der Waals surface area (Å²) in [5, 5.41) is 1.96. The predicted molar refractivity (Wildman–Crippen MR) is 192 cm³/mol. The van der Waals surface area contributed by atoms with Gasteiger partial charge in [0.05, 0.1) is 23.2 Å². The van der Waals surface area contributed by atoms with Crippen molar-refractivity contribution < 1.29 is 27.4 Å². The molecule has 8 rings (SSSR count). The molecule has 1 amide bonds. The normalized spacial score (nSPS) is 24.9. The van der Waals surface area contributed by atoms with Crippen LogP contribution >= 0.6 is 0 Å². The van der Waals surface area contributed by atoms with Crippen LogP contribution in [0.1, 0.15) is 70.9 Å². The highest BCUT2D eigenvalue weighted by atomic mass is 19.1. The number of halogens is 3. The number of piperazine rings is 1. The number of fused-ring (bicyclic) bond motifs is 5. The van der Waals surface area contributed by atoms with E-state index >= 15 is 8.78 Å². The van der Waals surface area contributed by atoms with Crippen LogP contribution < -0.4 is 9.64 Å². The van der Waals surface area contributed by atoms with E-state index < -0.39 is 28.9 Å². The standard InChI is InChI=1S/C40H46F3N5O3/c1-6-24-9-7-10-25-15-23(2)16-29(32(24)25)33-31(42)17-30-35(34(33)43)44-37(50-22-40-13-8-14-47(40)19-26(41)18-40)45-36(30)46-20-27-11-12-28(21-46)48(27)38(49)51-39(3,4)5/h7,9-10,15-17,26-28H,6,8,11-14,18-22H2,1-5H3/t26-,27?,28?,40+/m1/s1. The van der Waals surface area contributed by atoms with Crippen LogP contribution in [0.3, 0.4) is 0 Å². The molecule has 4 aromatic rings. The first-order valence-corrected chi connectivity index (χ1v) is 18.3. The molecule has 3 aromatic carbocycles. The molecule has 4 aliphatic heterocycles. The van der Waals surface area contributed by atoms with Crippen LogP contribution in [0.2, 0.25) is 0 Å². The van der Waals surface area contributed by atoms with Gasteiger partial charge >= 0.3 is 12.1 Å². The number of carbonyl (C=O) groups is 1. The Morgan fingerprint density at radius 2 is 1.82 bits per heavy atom. The molecule has 270 valence electrons. The van der Waals surface area contributed by atoms with Gasteiger partial charge in [0.25, 0.3) is 0 Å². The SMILES string of the molecule is CCc1cccc2cc(C)cc(-c3c(F)cc4c(N5CC6CCC(C5)N6C(=O)OC(C)(C)C)nc(OC[C@@]56CCCN5C[C@H](F)C6)nc4c3F)c12. The Hall–Kier alpha value is -4.12. The fraction of sp³-hybridized carbons (Fsp3) is 0.525. The summed E-state index contributed by atoms with van der Waals surface area (Å²) in [4.78, 5) is 28.7. The lowest BCUT2D eigenvalue weighted by molar-refractivity contribution is 0.0122. The lowest BCUT2D eigenvalue weighted by Crippen LogP contribution is -2.57. The van der Waals surface area contributed by atoms with Gasteiger partial charge in [0, 0.05) is 31.4 Å². The highest BCUT2D eigenvalue weighted by molar-refractivity contribution is 6.02. The van der Waals surface area contributed by atoms with E-state index in [1.54, 1.807) is 0 Å². The molecule has 0 spiro atoms. The minimum Gasteiger partial charge on any atom is -0.461 e. The lowest BCUT2D eigenvalue weighted by Gasteiger charge is -2.42. The second kappa shape index (κ2) is 12.5. The van der Waals surface area contributed by atoms with Crippen molar-refractivity contribution in [3.8, 4) is 17.1 Å². The number of anilines is 1. The molecule has 8 nitrogen and oxygen atoms in total. The Bertz CT molecular complexity index is 2020. The zero-order valence-electron chi connectivity index (χ0n) is 30.1. The second-order valence-electron chi connectivity index (χ2n) is 16.0. The van der Waals surface area contributed by atoms with Crippen LogP contribution in [0.25, 0.3) is 32.8 Å². The van der Waals surface area contributed by atoms with Crippen LogP contribution in [0.15, 0.2) is 36.4 Å². The van der Waals surface area contributed by atoms with Gasteiger partial charge in [-0.15, -0.1) is 0 Å². The predicted octanol–water partition coefficient (Wildman–Crippen LogP) is 8.14. The van der Waals surface area contributed by atoms with Crippen molar-refractivity contribution in [2.75, 3.05) is 37.7 Å². The molecule has 1 aromatic heterocycles. The molecule has 4 fully saturated rings. The third-order valence-electron chi connectivity index (χ3n) is 11.3. The number of hydrogen-bond donors (Lipinski definition) is 0. The molecule has 11 heteroatoms. The number of ether oxygens (including phenoxy) is 2. The number of rotatable bonds is 6. The second-order valence-corrected chi connectivity index (χ2v) is 16.0. The van der Waals surface area contributed by atoms with Crippen molar-refractivity contribution in [3.63, 3.8) is 0 Å². The summed E-state index contributed by atoms with van der Waals surface area (Å²) in [7, 11) is 0. The molecular formula is C40H46F3N5O3. The van der Waals surface area contributed by atoms with Gasteiger partial charge in [-0.25, -0.2) is 18.0 Å². The molecule has 0 N–H and O–H groups in total. The Morgan fingerprint density at radius 3 is 2.55 bits per heavy atom. The van der Waals surface area contributed by atoms with Crippen LogP contribution in [-0.4, -0.2) is 88.0 Å². The van der Waals surface area contributed by atoms with E-state index in [1.807, 2.05) is 74.8 Å². The van der Waals surface area contributed by atoms with Crippen molar-refractivity contribution in [3.05, 3.63) is 59.2 Å². The van der Waals surface area contributed by atoms with E-state index in [0.29, 0.717) is 43.9 Å². The van der Waals surface area contributed by atoms with Crippen LogP contribution in [-0.2, 0) is 11.2 Å². The van der Waals surface area contributed by atoms with Gasteiger partial charge in [-0.05, 0) is 99.9 Å². The topological polar surface area (TPSA) is 71.0 Å². The number of aryl methyl sites for hydroxylation is 2. The number of hydrogen-bond acceptors (Lipinski definition) is 7. The lowest BCUT2D eigenvalue weighted by atomic mass is 9.91. The molecule has 2 bridgehead atoms. The van der Waals surface area contributed by atoms with Crippen molar-refractivity contribution in [2.24, 2.45) is 0 Å². The van der Waals surface area contributed by atoms with E-state index in [-0.39, 0.29) is 47.3 Å². The average Bonchev–Trinajstić information content (AvgIpc) is 3.69. The molecular weight excluding hydrogens is 655 g/mol. The quantitative estimate of drug-likeness (QED) is 0.201. The van der Waals surface area contributed by atoms with E-state index in [0.717, 1.165) is 54.1 Å². The van der Waals surface area contributed by atoms with Gasteiger partial charge in [-0.2, -0.15) is 9.97 Å². The maximum Gasteiger partial charge on any atom is 0.410 e. The molecule has 4 saturated heterocycles. The first kappa shape index (κ1) is 34.0. The van der Waals surface area contributed by atoms with Gasteiger partial charge in [-0.1, -0.05) is 37.3 Å². The number of amides is 1. The number of aromatic nitrogens is 2. The number of benzene rings is 3. The van der Waals surface area contributed by atoms with Crippen molar-refractivity contribution in [1.82, 2.24) is 19.8 Å². The van der Waals surface area contributed by atoms with Crippen LogP contribution in [0, 0.1) is 18.6 Å². The summed E-state index contributed by atoms with van der Waals surface area (Å²) in [5.41, 5.74) is 1.10. The summed E-state index contributed by atoms with van der Waals surface area (Å²) >= 11 is 0. The van der Waals surface area contributed by atoms with Crippen molar-refractivity contribution in [1.29, 1.82) is 0 Å². The minimum absolute atomic E-state index is 0.0252. The van der Waals surface area contributed by atoms with Gasteiger partial charge < -0.3 is 14.4 Å². The zero-order valence-corrected chi connectivity index (χ0v) is 30.1. The molecule has 0 aliphatic carbocycles. The zero-order chi connectivity index (χ0) is 35.8. The number of nitrogens with zero attached hydrogens (tertiary/aromatic N) is 5. The summed E-state index contributed by atoms with van der Waals surface area (Å²) in [5.74, 6) is -1.12. The minimum atomic E-state index is -0.932. The maximum absolute atomic E-state index is 17.2. The highest BCUT2D eigenvalue weighted by Gasteiger charge is 2.50. The third-order valence-corrected chi connectivity index (χ3v) is 11.3. The van der Waals surface area contributed by atoms with E-state index in [4.69, 9.17) is 14.5 Å². The first-order chi connectivity index (χ1) is 24.3. The molecule has 0 saturated carbocycles. The Balaban J connectivity index is 1.24. The van der Waals surface area contributed by atoms with Gasteiger partial charge in [0.1, 0.15) is 35.5 Å². The molecule has 51 heavy (non-hydrogen) atoms. The highest BCUT2D eigenvalue weighted by Crippen LogP contribution is 2.43. The molecule has 0 radical (unpaired) electrons. The largest absolute Gasteiger partial charge is 0.461 e. The molecule has 4 aliphatic rings.